The van der Waals surface area contributed by atoms with Crippen LogP contribution in [0.5, 0.6) is 0 Å². The summed E-state index contributed by atoms with van der Waals surface area (Å²) in [7, 11) is 1.03. The zero-order valence-corrected chi connectivity index (χ0v) is 23.6. The van der Waals surface area contributed by atoms with Gasteiger partial charge in [-0.15, -0.1) is 0 Å². The number of halogens is 3. The Labute approximate surface area is 253 Å². The van der Waals surface area contributed by atoms with Gasteiger partial charge in [-0.1, -0.05) is 36.4 Å². The van der Waals surface area contributed by atoms with Crippen LogP contribution in [0.25, 0.3) is 10.8 Å². The minimum atomic E-state index is -1.85. The maximum absolute atomic E-state index is 13.8. The zero-order valence-electron chi connectivity index (χ0n) is 23.6. The van der Waals surface area contributed by atoms with Crippen molar-refractivity contribution >= 4 is 57.7 Å². The number of hydrogen-bond acceptors (Lipinski definition) is 6. The van der Waals surface area contributed by atoms with Crippen molar-refractivity contribution in [1.29, 1.82) is 0 Å². The highest BCUT2D eigenvalue weighted by molar-refractivity contribution is 6.40. The summed E-state index contributed by atoms with van der Waals surface area (Å²) < 4.78 is 45.8. The number of carboxylic acids is 2. The Balaban J connectivity index is 1.74. The molecule has 45 heavy (non-hydrogen) atoms. The SMILES string of the molecule is COC(=O)N(Cc1cc(F)c(F)c(F)c1)[C@@H](C)C(=O)Nc1ccc(N(C(=O)C(=O)O)c2ccccc2C(=O)O)c2ccccc12. The summed E-state index contributed by atoms with van der Waals surface area (Å²) >= 11 is 0. The van der Waals surface area contributed by atoms with Gasteiger partial charge >= 0.3 is 23.9 Å². The van der Waals surface area contributed by atoms with Crippen LogP contribution in [0.15, 0.2) is 72.8 Å². The summed E-state index contributed by atoms with van der Waals surface area (Å²) in [5, 5.41) is 22.5. The normalized spacial score (nSPS) is 11.4. The topological polar surface area (TPSA) is 154 Å². The Hall–Kier alpha value is -5.92. The summed E-state index contributed by atoms with van der Waals surface area (Å²) in [6, 6.07) is 14.3. The quantitative estimate of drug-likeness (QED) is 0.177. The van der Waals surface area contributed by atoms with Crippen LogP contribution in [0.1, 0.15) is 22.8 Å². The molecule has 4 aromatic carbocycles. The number of nitrogens with one attached hydrogen (secondary N) is 1. The number of carbonyl (C=O) groups excluding carboxylic acids is 3. The molecular weight excluding hydrogens is 599 g/mol. The highest BCUT2D eigenvalue weighted by atomic mass is 19.2. The van der Waals surface area contributed by atoms with Crippen LogP contribution < -0.4 is 10.2 Å². The number of amides is 3. The highest BCUT2D eigenvalue weighted by Crippen LogP contribution is 2.37. The standard InChI is InChI=1S/C31H24F3N3O8/c1-16(36(31(44)45-2)15-17-13-21(32)26(34)22(33)14-17)27(38)35-23-11-12-25(19-8-4-3-7-18(19)23)37(28(39)30(42)43)24-10-6-5-9-20(24)29(40)41/h3-14,16H,15H2,1-2H3,(H,35,38)(H,40,41)(H,42,43)/t16-/m0/s1. The van der Waals surface area contributed by atoms with Gasteiger partial charge in [0.05, 0.1) is 30.6 Å². The second-order valence-electron chi connectivity index (χ2n) is 9.58. The molecule has 0 fully saturated rings. The van der Waals surface area contributed by atoms with Crippen LogP contribution in [-0.2, 0) is 25.7 Å². The lowest BCUT2D eigenvalue weighted by atomic mass is 10.0. The molecule has 0 saturated heterocycles. The van der Waals surface area contributed by atoms with E-state index < -0.39 is 59.9 Å². The van der Waals surface area contributed by atoms with Gasteiger partial charge < -0.3 is 20.3 Å². The third-order valence-electron chi connectivity index (χ3n) is 6.81. The van der Waals surface area contributed by atoms with E-state index in [1.165, 1.54) is 49.4 Å². The number of carboxylic acid groups (broad SMARTS) is 2. The number of fused-ring (bicyclic) bond motifs is 1. The van der Waals surface area contributed by atoms with E-state index in [9.17, 15) is 47.4 Å². The van der Waals surface area contributed by atoms with E-state index in [1.54, 1.807) is 18.2 Å². The number of anilines is 3. The van der Waals surface area contributed by atoms with Crippen LogP contribution >= 0.6 is 0 Å². The lowest BCUT2D eigenvalue weighted by Crippen LogP contribution is -2.45. The smallest absolute Gasteiger partial charge is 0.410 e. The molecule has 0 unspecified atom stereocenters. The van der Waals surface area contributed by atoms with Gasteiger partial charge in [0.2, 0.25) is 5.91 Å². The van der Waals surface area contributed by atoms with E-state index in [1.807, 2.05) is 0 Å². The molecule has 0 aromatic heterocycles. The van der Waals surface area contributed by atoms with Crippen molar-refractivity contribution < 1.29 is 52.1 Å². The number of aromatic carboxylic acids is 1. The van der Waals surface area contributed by atoms with Gasteiger partial charge in [-0.3, -0.25) is 19.4 Å². The van der Waals surface area contributed by atoms with Crippen LogP contribution in [0.3, 0.4) is 0 Å². The Morgan fingerprint density at radius 1 is 0.844 bits per heavy atom. The minimum absolute atomic E-state index is 0.00528. The third kappa shape index (κ3) is 6.54. The molecule has 0 aliphatic carbocycles. The molecule has 0 heterocycles. The van der Waals surface area contributed by atoms with Gasteiger partial charge in [0.15, 0.2) is 17.5 Å². The second-order valence-corrected chi connectivity index (χ2v) is 9.58. The fourth-order valence-corrected chi connectivity index (χ4v) is 4.63. The molecule has 1 atom stereocenters. The van der Waals surface area contributed by atoms with Crippen LogP contribution in [0.2, 0.25) is 0 Å². The molecule has 3 amide bonds. The van der Waals surface area contributed by atoms with E-state index in [0.717, 1.165) is 16.9 Å². The molecule has 4 aromatic rings. The number of hydrogen-bond donors (Lipinski definition) is 3. The number of benzene rings is 4. The number of rotatable bonds is 8. The van der Waals surface area contributed by atoms with Crippen molar-refractivity contribution in [1.82, 2.24) is 4.90 Å². The Kier molecular flexibility index (Phi) is 9.36. The number of ether oxygens (including phenoxy) is 1. The van der Waals surface area contributed by atoms with E-state index in [-0.39, 0.29) is 33.6 Å². The van der Waals surface area contributed by atoms with Gasteiger partial charge in [0, 0.05) is 16.5 Å². The van der Waals surface area contributed by atoms with Gasteiger partial charge in [-0.2, -0.15) is 0 Å². The number of carbonyl (C=O) groups is 5. The molecule has 0 bridgehead atoms. The zero-order chi connectivity index (χ0) is 33.0. The molecule has 0 saturated carbocycles. The molecule has 4 rings (SSSR count). The Morgan fingerprint density at radius 2 is 1.44 bits per heavy atom. The monoisotopic (exact) mass is 623 g/mol. The molecule has 0 aliphatic rings. The van der Waals surface area contributed by atoms with Gasteiger partial charge in [0.1, 0.15) is 6.04 Å². The maximum atomic E-state index is 13.8. The van der Waals surface area contributed by atoms with E-state index >= 15 is 0 Å². The van der Waals surface area contributed by atoms with Crippen LogP contribution in [-0.4, -0.2) is 58.1 Å². The van der Waals surface area contributed by atoms with Crippen molar-refractivity contribution in [3.8, 4) is 0 Å². The fourth-order valence-electron chi connectivity index (χ4n) is 4.63. The molecule has 14 heteroatoms. The van der Waals surface area contributed by atoms with Crippen LogP contribution in [0.4, 0.5) is 35.0 Å². The average molecular weight is 624 g/mol. The van der Waals surface area contributed by atoms with E-state index in [0.29, 0.717) is 17.5 Å². The predicted molar refractivity (Wildman–Crippen MR) is 154 cm³/mol. The second kappa shape index (κ2) is 13.2. The number of methoxy groups -OCH3 is 1. The fraction of sp³-hybridized carbons (Fsp3) is 0.129. The van der Waals surface area contributed by atoms with Crippen molar-refractivity contribution in [3.05, 3.63) is 101 Å². The number of nitrogens with zero attached hydrogens (tertiary/aromatic N) is 2. The molecular formula is C31H24F3N3O8. The predicted octanol–water partition coefficient (Wildman–Crippen LogP) is 5.30. The van der Waals surface area contributed by atoms with Crippen molar-refractivity contribution in [2.45, 2.75) is 19.5 Å². The largest absolute Gasteiger partial charge is 0.478 e. The minimum Gasteiger partial charge on any atom is -0.478 e. The average Bonchev–Trinajstić information content (AvgIpc) is 3.02. The van der Waals surface area contributed by atoms with Gasteiger partial charge in [0.25, 0.3) is 0 Å². The molecule has 3 N–H and O–H groups in total. The molecule has 0 spiro atoms. The lowest BCUT2D eigenvalue weighted by Gasteiger charge is -2.28. The summed E-state index contributed by atoms with van der Waals surface area (Å²) in [6.45, 7) is 0.791. The Bertz CT molecular complexity index is 1830. The molecule has 11 nitrogen and oxygen atoms in total. The summed E-state index contributed by atoms with van der Waals surface area (Å²) in [5.41, 5.74) is -0.559. The molecule has 0 radical (unpaired) electrons. The van der Waals surface area contributed by atoms with E-state index in [4.69, 9.17) is 4.74 Å². The lowest BCUT2D eigenvalue weighted by molar-refractivity contribution is -0.148. The summed E-state index contributed by atoms with van der Waals surface area (Å²) in [4.78, 5) is 64.2. The van der Waals surface area contributed by atoms with Crippen LogP contribution in [0, 0.1) is 17.5 Å². The summed E-state index contributed by atoms with van der Waals surface area (Å²) in [6.07, 6.45) is -1.03. The van der Waals surface area contributed by atoms with Gasteiger partial charge in [-0.25, -0.2) is 27.6 Å². The van der Waals surface area contributed by atoms with Crippen molar-refractivity contribution in [2.75, 3.05) is 17.3 Å². The number of para-hydroxylation sites is 1. The first-order chi connectivity index (χ1) is 21.3. The maximum Gasteiger partial charge on any atom is 0.410 e. The molecule has 0 aliphatic heterocycles. The molecule has 232 valence electrons. The van der Waals surface area contributed by atoms with Gasteiger partial charge in [-0.05, 0) is 48.9 Å². The first-order valence-electron chi connectivity index (χ1n) is 13.1. The van der Waals surface area contributed by atoms with Crippen molar-refractivity contribution in [3.63, 3.8) is 0 Å². The first kappa shape index (κ1) is 32.0. The van der Waals surface area contributed by atoms with Crippen molar-refractivity contribution in [2.24, 2.45) is 0 Å². The Morgan fingerprint density at radius 3 is 2.04 bits per heavy atom. The first-order valence-corrected chi connectivity index (χ1v) is 13.1. The highest BCUT2D eigenvalue weighted by Gasteiger charge is 2.31. The van der Waals surface area contributed by atoms with E-state index in [2.05, 4.69) is 5.32 Å². The third-order valence-corrected chi connectivity index (χ3v) is 6.81. The number of aliphatic carboxylic acids is 1. The summed E-state index contributed by atoms with van der Waals surface area (Å²) in [5.74, 6) is -10.1.